The molecule has 21 heavy (non-hydrogen) atoms. The highest BCUT2D eigenvalue weighted by molar-refractivity contribution is 5.97. The van der Waals surface area contributed by atoms with Crippen molar-refractivity contribution in [1.82, 2.24) is 0 Å². The molecule has 0 unspecified atom stereocenters. The SMILES string of the molecule is CCN(C(=O)C1(CN)CCC(C)CC1)c1ccc(F)cc1. The Bertz CT molecular complexity index is 478. The Morgan fingerprint density at radius 1 is 1.33 bits per heavy atom. The van der Waals surface area contributed by atoms with E-state index in [4.69, 9.17) is 5.73 Å². The minimum Gasteiger partial charge on any atom is -0.329 e. The van der Waals surface area contributed by atoms with Gasteiger partial charge in [-0.05, 0) is 62.8 Å². The van der Waals surface area contributed by atoms with Gasteiger partial charge in [0.15, 0.2) is 0 Å². The summed E-state index contributed by atoms with van der Waals surface area (Å²) in [4.78, 5) is 14.8. The highest BCUT2D eigenvalue weighted by atomic mass is 19.1. The van der Waals surface area contributed by atoms with Crippen molar-refractivity contribution in [3.63, 3.8) is 0 Å². The molecule has 1 amide bonds. The lowest BCUT2D eigenvalue weighted by Gasteiger charge is -2.40. The van der Waals surface area contributed by atoms with Crippen LogP contribution in [-0.4, -0.2) is 19.0 Å². The number of hydrogen-bond acceptors (Lipinski definition) is 2. The van der Waals surface area contributed by atoms with Crippen LogP contribution in [0.25, 0.3) is 0 Å². The van der Waals surface area contributed by atoms with Gasteiger partial charge in [0.05, 0.1) is 5.41 Å². The predicted molar refractivity (Wildman–Crippen MR) is 83.5 cm³/mol. The quantitative estimate of drug-likeness (QED) is 0.925. The van der Waals surface area contributed by atoms with Crippen LogP contribution in [0.5, 0.6) is 0 Å². The van der Waals surface area contributed by atoms with E-state index in [1.54, 1.807) is 17.0 Å². The van der Waals surface area contributed by atoms with Crippen LogP contribution in [0.2, 0.25) is 0 Å². The number of hydrogen-bond donors (Lipinski definition) is 1. The number of amides is 1. The summed E-state index contributed by atoms with van der Waals surface area (Å²) in [6, 6.07) is 6.10. The van der Waals surface area contributed by atoms with Crippen LogP contribution in [-0.2, 0) is 4.79 Å². The monoisotopic (exact) mass is 292 g/mol. The zero-order valence-corrected chi connectivity index (χ0v) is 12.9. The van der Waals surface area contributed by atoms with E-state index in [1.165, 1.54) is 12.1 Å². The second kappa shape index (κ2) is 6.56. The second-order valence-electron chi connectivity index (χ2n) is 6.19. The van der Waals surface area contributed by atoms with E-state index in [9.17, 15) is 9.18 Å². The van der Waals surface area contributed by atoms with Crippen LogP contribution in [0.15, 0.2) is 24.3 Å². The average Bonchev–Trinajstić information content (AvgIpc) is 2.51. The highest BCUT2D eigenvalue weighted by Crippen LogP contribution is 2.40. The van der Waals surface area contributed by atoms with Gasteiger partial charge in [0, 0.05) is 18.8 Å². The van der Waals surface area contributed by atoms with E-state index in [-0.39, 0.29) is 11.7 Å². The van der Waals surface area contributed by atoms with Crippen LogP contribution < -0.4 is 10.6 Å². The summed E-state index contributed by atoms with van der Waals surface area (Å²) in [6.07, 6.45) is 3.79. The number of halogens is 1. The predicted octanol–water partition coefficient (Wildman–Crippen LogP) is 3.33. The third kappa shape index (κ3) is 3.26. The van der Waals surface area contributed by atoms with E-state index in [0.717, 1.165) is 31.4 Å². The lowest BCUT2D eigenvalue weighted by Crippen LogP contribution is -2.50. The molecule has 4 heteroatoms. The van der Waals surface area contributed by atoms with Crippen LogP contribution in [0.3, 0.4) is 0 Å². The molecule has 0 aromatic heterocycles. The first kappa shape index (κ1) is 16.0. The maximum absolute atomic E-state index is 13.1. The van der Waals surface area contributed by atoms with Crippen LogP contribution in [0.4, 0.5) is 10.1 Å². The topological polar surface area (TPSA) is 46.3 Å². The second-order valence-corrected chi connectivity index (χ2v) is 6.19. The molecule has 0 radical (unpaired) electrons. The molecule has 1 aromatic carbocycles. The first-order chi connectivity index (χ1) is 10.0. The van der Waals surface area contributed by atoms with Gasteiger partial charge in [0.2, 0.25) is 5.91 Å². The third-order valence-electron chi connectivity index (χ3n) is 4.78. The number of anilines is 1. The molecule has 0 heterocycles. The summed E-state index contributed by atoms with van der Waals surface area (Å²) in [5, 5.41) is 0. The van der Waals surface area contributed by atoms with Gasteiger partial charge < -0.3 is 10.6 Å². The van der Waals surface area contributed by atoms with Crippen LogP contribution >= 0.6 is 0 Å². The van der Waals surface area contributed by atoms with Gasteiger partial charge in [-0.1, -0.05) is 6.92 Å². The molecule has 116 valence electrons. The lowest BCUT2D eigenvalue weighted by atomic mass is 9.70. The van der Waals surface area contributed by atoms with E-state index in [2.05, 4.69) is 6.92 Å². The Balaban J connectivity index is 2.24. The number of carbonyl (C=O) groups excluding carboxylic acids is 1. The van der Waals surface area contributed by atoms with Gasteiger partial charge in [-0.2, -0.15) is 0 Å². The molecule has 0 saturated heterocycles. The highest BCUT2D eigenvalue weighted by Gasteiger charge is 2.42. The summed E-state index contributed by atoms with van der Waals surface area (Å²) >= 11 is 0. The summed E-state index contributed by atoms with van der Waals surface area (Å²) in [5.41, 5.74) is 6.27. The number of carbonyl (C=O) groups is 1. The Labute approximate surface area is 126 Å². The molecule has 1 aliphatic rings. The Morgan fingerprint density at radius 3 is 2.38 bits per heavy atom. The van der Waals surface area contributed by atoms with Gasteiger partial charge in [-0.25, -0.2) is 4.39 Å². The zero-order chi connectivity index (χ0) is 15.5. The average molecular weight is 292 g/mol. The molecule has 0 atom stereocenters. The summed E-state index contributed by atoms with van der Waals surface area (Å²) < 4.78 is 13.1. The maximum Gasteiger partial charge on any atom is 0.234 e. The van der Waals surface area contributed by atoms with Crippen molar-refractivity contribution in [2.24, 2.45) is 17.1 Å². The van der Waals surface area contributed by atoms with Crippen molar-refractivity contribution in [2.45, 2.75) is 39.5 Å². The van der Waals surface area contributed by atoms with Crippen molar-refractivity contribution < 1.29 is 9.18 Å². The fraction of sp³-hybridized carbons (Fsp3) is 0.588. The number of rotatable bonds is 4. The molecular formula is C17H25FN2O. The van der Waals surface area contributed by atoms with Crippen molar-refractivity contribution >= 4 is 11.6 Å². The zero-order valence-electron chi connectivity index (χ0n) is 12.9. The standard InChI is InChI=1S/C17H25FN2O/c1-3-20(15-6-4-14(18)5-7-15)16(21)17(12-19)10-8-13(2)9-11-17/h4-7,13H,3,8-12,19H2,1-2H3. The molecule has 1 saturated carbocycles. The smallest absolute Gasteiger partial charge is 0.234 e. The summed E-state index contributed by atoms with van der Waals surface area (Å²) in [6.45, 7) is 5.12. The van der Waals surface area contributed by atoms with Gasteiger partial charge in [-0.3, -0.25) is 4.79 Å². The summed E-state index contributed by atoms with van der Waals surface area (Å²) in [5.74, 6) is 0.465. The minimum absolute atomic E-state index is 0.0889. The fourth-order valence-corrected chi connectivity index (χ4v) is 3.17. The first-order valence-electron chi connectivity index (χ1n) is 7.80. The fourth-order valence-electron chi connectivity index (χ4n) is 3.17. The molecular weight excluding hydrogens is 267 g/mol. The molecule has 1 aliphatic carbocycles. The van der Waals surface area contributed by atoms with Crippen LogP contribution in [0, 0.1) is 17.2 Å². The third-order valence-corrected chi connectivity index (χ3v) is 4.78. The Kier molecular flexibility index (Phi) is 4.99. The van der Waals surface area contributed by atoms with Crippen molar-refractivity contribution in [2.75, 3.05) is 18.0 Å². The molecule has 2 rings (SSSR count). The molecule has 0 spiro atoms. The Morgan fingerprint density at radius 2 is 1.90 bits per heavy atom. The maximum atomic E-state index is 13.1. The van der Waals surface area contributed by atoms with Gasteiger partial charge in [0.25, 0.3) is 0 Å². The molecule has 0 bridgehead atoms. The van der Waals surface area contributed by atoms with E-state index >= 15 is 0 Å². The minimum atomic E-state index is -0.448. The van der Waals surface area contributed by atoms with Crippen molar-refractivity contribution in [3.05, 3.63) is 30.1 Å². The normalized spacial score (nSPS) is 25.6. The van der Waals surface area contributed by atoms with E-state index < -0.39 is 5.41 Å². The number of nitrogens with zero attached hydrogens (tertiary/aromatic N) is 1. The van der Waals surface area contributed by atoms with Crippen LogP contribution in [0.1, 0.15) is 39.5 Å². The number of benzene rings is 1. The molecule has 1 fully saturated rings. The van der Waals surface area contributed by atoms with E-state index in [1.807, 2.05) is 6.92 Å². The molecule has 0 aliphatic heterocycles. The van der Waals surface area contributed by atoms with Gasteiger partial charge >= 0.3 is 0 Å². The number of nitrogens with two attached hydrogens (primary N) is 1. The molecule has 2 N–H and O–H groups in total. The first-order valence-corrected chi connectivity index (χ1v) is 7.80. The van der Waals surface area contributed by atoms with Crippen molar-refractivity contribution in [1.29, 1.82) is 0 Å². The largest absolute Gasteiger partial charge is 0.329 e. The van der Waals surface area contributed by atoms with Crippen molar-refractivity contribution in [3.8, 4) is 0 Å². The summed E-state index contributed by atoms with van der Waals surface area (Å²) in [7, 11) is 0. The van der Waals surface area contributed by atoms with E-state index in [0.29, 0.717) is 19.0 Å². The van der Waals surface area contributed by atoms with Gasteiger partial charge in [-0.15, -0.1) is 0 Å². The molecule has 3 nitrogen and oxygen atoms in total. The lowest BCUT2D eigenvalue weighted by molar-refractivity contribution is -0.130. The van der Waals surface area contributed by atoms with Gasteiger partial charge in [0.1, 0.15) is 5.82 Å². The molecule has 1 aromatic rings. The Hall–Kier alpha value is -1.42.